The Morgan fingerprint density at radius 3 is 2.42 bits per heavy atom. The fraction of sp³-hybridized carbons (Fsp3) is 0.278. The van der Waals surface area contributed by atoms with Gasteiger partial charge in [-0.2, -0.15) is 17.0 Å². The van der Waals surface area contributed by atoms with Gasteiger partial charge < -0.3 is 5.32 Å². The number of nitrogens with one attached hydrogen (secondary N) is 1. The number of amides is 1. The minimum atomic E-state index is -3.69. The summed E-state index contributed by atoms with van der Waals surface area (Å²) in [6.45, 7) is 2.53. The van der Waals surface area contributed by atoms with Gasteiger partial charge >= 0.3 is 0 Å². The highest BCUT2D eigenvalue weighted by Gasteiger charge is 2.37. The fourth-order valence-electron chi connectivity index (χ4n) is 2.81. The van der Waals surface area contributed by atoms with Crippen LogP contribution in [-0.4, -0.2) is 42.6 Å². The van der Waals surface area contributed by atoms with Crippen LogP contribution in [0.4, 0.5) is 10.1 Å². The molecule has 2 aromatic rings. The van der Waals surface area contributed by atoms with Crippen molar-refractivity contribution in [3.05, 3.63) is 65.5 Å². The van der Waals surface area contributed by atoms with Crippen LogP contribution in [0.5, 0.6) is 0 Å². The van der Waals surface area contributed by atoms with Crippen molar-refractivity contribution >= 4 is 21.8 Å². The number of halogens is 1. The van der Waals surface area contributed by atoms with Crippen LogP contribution in [0.3, 0.4) is 0 Å². The second kappa shape index (κ2) is 7.53. The van der Waals surface area contributed by atoms with E-state index in [1.165, 1.54) is 28.6 Å². The number of carbonyl (C=O) groups is 1. The van der Waals surface area contributed by atoms with Crippen LogP contribution in [0.2, 0.25) is 0 Å². The Bertz CT molecular complexity index is 900. The van der Waals surface area contributed by atoms with Crippen molar-refractivity contribution in [2.24, 2.45) is 0 Å². The van der Waals surface area contributed by atoms with Crippen LogP contribution in [0, 0.1) is 12.7 Å². The van der Waals surface area contributed by atoms with Gasteiger partial charge in [0, 0.05) is 25.3 Å². The third-order valence-corrected chi connectivity index (χ3v) is 6.24. The molecule has 1 fully saturated rings. The molecule has 0 aliphatic carbocycles. The zero-order valence-electron chi connectivity index (χ0n) is 14.4. The summed E-state index contributed by atoms with van der Waals surface area (Å²) < 4.78 is 40.8. The Morgan fingerprint density at radius 2 is 1.73 bits per heavy atom. The normalized spacial score (nSPS) is 17.3. The van der Waals surface area contributed by atoms with Gasteiger partial charge in [0.1, 0.15) is 5.82 Å². The molecule has 6 nitrogen and oxygen atoms in total. The molecule has 0 saturated carbocycles. The topological polar surface area (TPSA) is 69.7 Å². The van der Waals surface area contributed by atoms with Gasteiger partial charge in [-0.3, -0.25) is 4.79 Å². The standard InChI is InChI=1S/C18H20FN3O3S/c1-14-4-2-3-5-15(14)12-21-10-11-22(26(21,24)25)13-18(23)20-17-8-6-16(19)7-9-17/h2-9H,10-13H2,1H3,(H,20,23). The molecule has 26 heavy (non-hydrogen) atoms. The maximum absolute atomic E-state index is 12.9. The van der Waals surface area contributed by atoms with E-state index in [-0.39, 0.29) is 19.6 Å². The van der Waals surface area contributed by atoms with Gasteiger partial charge in [0.15, 0.2) is 0 Å². The summed E-state index contributed by atoms with van der Waals surface area (Å²) in [4.78, 5) is 12.1. The summed E-state index contributed by atoms with van der Waals surface area (Å²) in [6.07, 6.45) is 0. The minimum absolute atomic E-state index is 0.255. The summed E-state index contributed by atoms with van der Waals surface area (Å²) in [5.41, 5.74) is 2.38. The van der Waals surface area contributed by atoms with E-state index in [2.05, 4.69) is 5.32 Å². The first-order chi connectivity index (χ1) is 12.4. The van der Waals surface area contributed by atoms with Crippen LogP contribution in [0.15, 0.2) is 48.5 Å². The molecular formula is C18H20FN3O3S. The number of aryl methyl sites for hydroxylation is 1. The molecule has 1 amide bonds. The third kappa shape index (κ3) is 4.09. The summed E-state index contributed by atoms with van der Waals surface area (Å²) in [7, 11) is -3.69. The molecule has 1 N–H and O–H groups in total. The zero-order chi connectivity index (χ0) is 18.7. The molecule has 0 radical (unpaired) electrons. The van der Waals surface area contributed by atoms with Crippen LogP contribution in [0.25, 0.3) is 0 Å². The average Bonchev–Trinajstić information content (AvgIpc) is 2.86. The molecule has 0 atom stereocenters. The largest absolute Gasteiger partial charge is 0.325 e. The van der Waals surface area contributed by atoms with Crippen molar-refractivity contribution < 1.29 is 17.6 Å². The van der Waals surface area contributed by atoms with Crippen LogP contribution in [0.1, 0.15) is 11.1 Å². The lowest BCUT2D eigenvalue weighted by molar-refractivity contribution is -0.116. The van der Waals surface area contributed by atoms with Crippen molar-refractivity contribution in [2.45, 2.75) is 13.5 Å². The summed E-state index contributed by atoms with van der Waals surface area (Å²) in [5.74, 6) is -0.866. The van der Waals surface area contributed by atoms with Gasteiger partial charge in [-0.25, -0.2) is 4.39 Å². The second-order valence-corrected chi connectivity index (χ2v) is 8.08. The molecule has 0 aromatic heterocycles. The zero-order valence-corrected chi connectivity index (χ0v) is 15.2. The lowest BCUT2D eigenvalue weighted by Gasteiger charge is -2.19. The van der Waals surface area contributed by atoms with Crippen LogP contribution < -0.4 is 5.32 Å². The molecule has 3 rings (SSSR count). The molecule has 1 saturated heterocycles. The molecule has 8 heteroatoms. The van der Waals surface area contributed by atoms with Gasteiger partial charge in [-0.05, 0) is 42.3 Å². The number of hydrogen-bond acceptors (Lipinski definition) is 3. The minimum Gasteiger partial charge on any atom is -0.325 e. The predicted molar refractivity (Wildman–Crippen MR) is 97.1 cm³/mol. The highest BCUT2D eigenvalue weighted by molar-refractivity contribution is 7.87. The Balaban J connectivity index is 1.63. The molecule has 0 bridgehead atoms. The monoisotopic (exact) mass is 377 g/mol. The lowest BCUT2D eigenvalue weighted by Crippen LogP contribution is -2.37. The summed E-state index contributed by atoms with van der Waals surface area (Å²) in [5, 5.41) is 2.58. The number of anilines is 1. The highest BCUT2D eigenvalue weighted by Crippen LogP contribution is 2.21. The SMILES string of the molecule is Cc1ccccc1CN1CCN(CC(=O)Nc2ccc(F)cc2)S1(=O)=O. The van der Waals surface area contributed by atoms with Crippen LogP contribution in [-0.2, 0) is 21.5 Å². The Hall–Kier alpha value is -2.29. The first-order valence-electron chi connectivity index (χ1n) is 8.21. The molecule has 1 aliphatic rings. The molecular weight excluding hydrogens is 357 g/mol. The fourth-order valence-corrected chi connectivity index (χ4v) is 4.34. The molecule has 0 unspecified atom stereocenters. The van der Waals surface area contributed by atoms with Gasteiger partial charge in [-0.15, -0.1) is 0 Å². The van der Waals surface area contributed by atoms with E-state index in [0.29, 0.717) is 12.2 Å². The lowest BCUT2D eigenvalue weighted by atomic mass is 10.1. The molecule has 1 aliphatic heterocycles. The van der Waals surface area contributed by atoms with Gasteiger partial charge in [0.05, 0.1) is 6.54 Å². The smallest absolute Gasteiger partial charge is 0.282 e. The molecule has 1 heterocycles. The van der Waals surface area contributed by atoms with E-state index >= 15 is 0 Å². The Morgan fingerprint density at radius 1 is 1.08 bits per heavy atom. The number of nitrogens with zero attached hydrogens (tertiary/aromatic N) is 2. The van der Waals surface area contributed by atoms with Crippen molar-refractivity contribution in [2.75, 3.05) is 25.0 Å². The van der Waals surface area contributed by atoms with Gasteiger partial charge in [0.2, 0.25) is 5.91 Å². The maximum atomic E-state index is 12.9. The van der Waals surface area contributed by atoms with Gasteiger partial charge in [0.25, 0.3) is 10.2 Å². The predicted octanol–water partition coefficient (Wildman–Crippen LogP) is 2.14. The quantitative estimate of drug-likeness (QED) is 0.868. The summed E-state index contributed by atoms with van der Waals surface area (Å²) in [6, 6.07) is 12.9. The van der Waals surface area contributed by atoms with Crippen molar-refractivity contribution in [3.8, 4) is 0 Å². The molecule has 2 aromatic carbocycles. The first-order valence-corrected chi connectivity index (χ1v) is 9.61. The Labute approximate surface area is 152 Å². The van der Waals surface area contributed by atoms with Crippen molar-refractivity contribution in [3.63, 3.8) is 0 Å². The summed E-state index contributed by atoms with van der Waals surface area (Å²) >= 11 is 0. The van der Waals surface area contributed by atoms with Crippen molar-refractivity contribution in [1.29, 1.82) is 0 Å². The van der Waals surface area contributed by atoms with E-state index in [4.69, 9.17) is 0 Å². The Kier molecular flexibility index (Phi) is 5.36. The number of rotatable bonds is 5. The van der Waals surface area contributed by atoms with E-state index in [1.54, 1.807) is 0 Å². The van der Waals surface area contributed by atoms with E-state index in [9.17, 15) is 17.6 Å². The second-order valence-electron chi connectivity index (χ2n) is 6.16. The highest BCUT2D eigenvalue weighted by atomic mass is 32.2. The van der Waals surface area contributed by atoms with E-state index < -0.39 is 21.9 Å². The van der Waals surface area contributed by atoms with Gasteiger partial charge in [-0.1, -0.05) is 24.3 Å². The first kappa shape index (κ1) is 18.5. The average molecular weight is 377 g/mol. The number of benzene rings is 2. The van der Waals surface area contributed by atoms with Crippen LogP contribution >= 0.6 is 0 Å². The van der Waals surface area contributed by atoms with E-state index in [0.717, 1.165) is 15.4 Å². The molecule has 138 valence electrons. The number of carbonyl (C=O) groups excluding carboxylic acids is 1. The van der Waals surface area contributed by atoms with Crippen molar-refractivity contribution in [1.82, 2.24) is 8.61 Å². The van der Waals surface area contributed by atoms with E-state index in [1.807, 2.05) is 31.2 Å². The maximum Gasteiger partial charge on any atom is 0.282 e. The number of hydrogen-bond donors (Lipinski definition) is 1. The molecule has 0 spiro atoms. The third-order valence-electron chi connectivity index (χ3n) is 4.31.